The highest BCUT2D eigenvalue weighted by molar-refractivity contribution is 5.97. The number of aliphatic hydroxyl groups excluding tert-OH is 2. The molecule has 0 saturated carbocycles. The third kappa shape index (κ3) is 6.89. The number of phenolic OH excluding ortho intramolecular Hbond substituents is 1. The molecule has 1 aromatic rings. The predicted molar refractivity (Wildman–Crippen MR) is 125 cm³/mol. The molecule has 9 heteroatoms. The Bertz CT molecular complexity index is 922. The highest BCUT2D eigenvalue weighted by Crippen LogP contribution is 2.31. The summed E-state index contributed by atoms with van der Waals surface area (Å²) in [6, 6.07) is 2.99. The van der Waals surface area contributed by atoms with Gasteiger partial charge < -0.3 is 29.5 Å². The van der Waals surface area contributed by atoms with Gasteiger partial charge in [-0.2, -0.15) is 0 Å². The maximum atomic E-state index is 12.9. The van der Waals surface area contributed by atoms with Gasteiger partial charge >= 0.3 is 5.97 Å². The summed E-state index contributed by atoms with van der Waals surface area (Å²) in [6.07, 6.45) is 2.21. The van der Waals surface area contributed by atoms with Crippen LogP contribution in [0, 0.1) is 5.92 Å². The number of phenols is 1. The molecule has 0 bridgehead atoms. The molecule has 1 aromatic carbocycles. The lowest BCUT2D eigenvalue weighted by atomic mass is 9.99. The van der Waals surface area contributed by atoms with Gasteiger partial charge in [-0.1, -0.05) is 25.2 Å². The number of carbonyl (C=O) groups is 2. The number of hydrogen-bond donors (Lipinski definition) is 3. The zero-order valence-electron chi connectivity index (χ0n) is 19.6. The van der Waals surface area contributed by atoms with E-state index in [1.54, 1.807) is 19.9 Å². The van der Waals surface area contributed by atoms with Gasteiger partial charge in [-0.15, -0.1) is 0 Å². The Hall–Kier alpha value is -2.72. The Labute approximate surface area is 199 Å². The lowest BCUT2D eigenvalue weighted by Crippen LogP contribution is -2.38. The van der Waals surface area contributed by atoms with E-state index in [0.29, 0.717) is 37.7 Å². The Morgan fingerprint density at radius 2 is 1.85 bits per heavy atom. The van der Waals surface area contributed by atoms with Crippen molar-refractivity contribution in [1.29, 1.82) is 0 Å². The fourth-order valence-electron chi connectivity index (χ4n) is 3.67. The number of nitrogens with zero attached hydrogens (tertiary/aromatic N) is 1. The van der Waals surface area contributed by atoms with E-state index in [-0.39, 0.29) is 23.7 Å². The number of ketones is 1. The van der Waals surface area contributed by atoms with Gasteiger partial charge in [0.25, 0.3) is 0 Å². The summed E-state index contributed by atoms with van der Waals surface area (Å²) in [5.74, 6) is -1.59. The number of benzene rings is 1. The molecular formula is C25H33NO8. The van der Waals surface area contributed by atoms with Gasteiger partial charge in [0, 0.05) is 31.6 Å². The Balaban J connectivity index is 1.84. The van der Waals surface area contributed by atoms with Crippen LogP contribution >= 0.6 is 0 Å². The fourth-order valence-corrected chi connectivity index (χ4v) is 3.67. The quantitative estimate of drug-likeness (QED) is 0.556. The minimum atomic E-state index is -1.57. The van der Waals surface area contributed by atoms with Crippen molar-refractivity contribution in [3.05, 3.63) is 41.5 Å². The number of fused-ring (bicyclic) bond motifs is 1. The molecule has 3 unspecified atom stereocenters. The Morgan fingerprint density at radius 1 is 1.12 bits per heavy atom. The topological polar surface area (TPSA) is 126 Å². The molecule has 0 spiro atoms. The molecule has 0 aliphatic carbocycles. The van der Waals surface area contributed by atoms with Gasteiger partial charge in [0.1, 0.15) is 35.9 Å². The van der Waals surface area contributed by atoms with Crippen molar-refractivity contribution < 1.29 is 39.1 Å². The van der Waals surface area contributed by atoms with Crippen LogP contribution in [0.2, 0.25) is 0 Å². The van der Waals surface area contributed by atoms with Crippen molar-refractivity contribution >= 4 is 17.8 Å². The number of esters is 1. The number of ether oxygens (including phenoxy) is 3. The van der Waals surface area contributed by atoms with Crippen LogP contribution in [-0.4, -0.2) is 89.7 Å². The number of morpholine rings is 1. The molecule has 186 valence electrons. The second-order valence-corrected chi connectivity index (χ2v) is 8.59. The maximum absolute atomic E-state index is 12.9. The minimum Gasteiger partial charge on any atom is -0.507 e. The van der Waals surface area contributed by atoms with Gasteiger partial charge in [0.15, 0.2) is 5.78 Å². The fraction of sp³-hybridized carbons (Fsp3) is 0.520. The molecule has 2 aliphatic heterocycles. The third-order valence-electron chi connectivity index (χ3n) is 6.03. The Kier molecular flexibility index (Phi) is 9.23. The number of aliphatic hydroxyl groups is 2. The SMILES string of the molecule is CC1OC(=O)c2c(O)cc(OCCN3CCOCC3)cc2/C=C/CC(O)C(O)C(=O)/C=C\[C@H]1C. The van der Waals surface area contributed by atoms with Crippen LogP contribution in [-0.2, 0) is 14.3 Å². The van der Waals surface area contributed by atoms with E-state index in [1.165, 1.54) is 30.4 Å². The summed E-state index contributed by atoms with van der Waals surface area (Å²) < 4.78 is 16.7. The van der Waals surface area contributed by atoms with Crippen molar-refractivity contribution in [1.82, 2.24) is 4.90 Å². The summed E-state index contributed by atoms with van der Waals surface area (Å²) in [5, 5.41) is 30.9. The summed E-state index contributed by atoms with van der Waals surface area (Å²) >= 11 is 0. The second-order valence-electron chi connectivity index (χ2n) is 8.59. The van der Waals surface area contributed by atoms with E-state index in [0.717, 1.165) is 13.1 Å². The second kappa shape index (κ2) is 12.1. The summed E-state index contributed by atoms with van der Waals surface area (Å²) in [4.78, 5) is 27.2. The lowest BCUT2D eigenvalue weighted by Gasteiger charge is -2.26. The van der Waals surface area contributed by atoms with Crippen LogP contribution in [0.3, 0.4) is 0 Å². The highest BCUT2D eigenvalue weighted by Gasteiger charge is 2.25. The molecule has 2 heterocycles. The first-order valence-electron chi connectivity index (χ1n) is 11.5. The van der Waals surface area contributed by atoms with E-state index in [4.69, 9.17) is 14.2 Å². The van der Waals surface area contributed by atoms with Crippen LogP contribution < -0.4 is 4.74 Å². The van der Waals surface area contributed by atoms with Crippen LogP contribution in [0.4, 0.5) is 0 Å². The van der Waals surface area contributed by atoms with E-state index in [1.807, 2.05) is 0 Å². The van der Waals surface area contributed by atoms with Crippen molar-refractivity contribution in [2.75, 3.05) is 39.5 Å². The summed E-state index contributed by atoms with van der Waals surface area (Å²) in [5.41, 5.74) is 0.315. The van der Waals surface area contributed by atoms with Gasteiger partial charge in [0.05, 0.1) is 19.3 Å². The van der Waals surface area contributed by atoms with Crippen LogP contribution in [0.1, 0.15) is 36.2 Å². The standard InChI is InChI=1S/C25H33NO8/c1-16-6-7-21(28)24(30)20(27)5-3-4-18-14-19(33-13-10-26-8-11-32-12-9-26)15-22(29)23(18)25(31)34-17(16)2/h3-4,6-7,14-17,20,24,27,29-30H,5,8-13H2,1-2H3/b4-3+,7-6-/t16-,17?,20?,24?/m1/s1. The van der Waals surface area contributed by atoms with Crippen molar-refractivity contribution in [3.63, 3.8) is 0 Å². The smallest absolute Gasteiger partial charge is 0.342 e. The van der Waals surface area contributed by atoms with E-state index >= 15 is 0 Å². The van der Waals surface area contributed by atoms with E-state index in [9.17, 15) is 24.9 Å². The normalized spacial score (nSPS) is 28.9. The molecule has 34 heavy (non-hydrogen) atoms. The average Bonchev–Trinajstić information content (AvgIpc) is 2.81. The highest BCUT2D eigenvalue weighted by atomic mass is 16.5. The minimum absolute atomic E-state index is 0.0250. The molecule has 1 saturated heterocycles. The van der Waals surface area contributed by atoms with E-state index < -0.39 is 30.1 Å². The molecule has 0 amide bonds. The monoisotopic (exact) mass is 475 g/mol. The molecule has 0 radical (unpaired) electrons. The molecule has 9 nitrogen and oxygen atoms in total. The first-order valence-corrected chi connectivity index (χ1v) is 11.5. The Morgan fingerprint density at radius 3 is 2.59 bits per heavy atom. The lowest BCUT2D eigenvalue weighted by molar-refractivity contribution is -0.127. The first kappa shape index (κ1) is 25.9. The number of hydrogen-bond acceptors (Lipinski definition) is 9. The zero-order valence-corrected chi connectivity index (χ0v) is 19.6. The van der Waals surface area contributed by atoms with Crippen molar-refractivity contribution in [3.8, 4) is 11.5 Å². The van der Waals surface area contributed by atoms with Crippen molar-refractivity contribution in [2.24, 2.45) is 5.92 Å². The number of carbonyl (C=O) groups excluding carboxylic acids is 2. The molecular weight excluding hydrogens is 442 g/mol. The molecule has 3 N–H and O–H groups in total. The largest absolute Gasteiger partial charge is 0.507 e. The summed E-state index contributed by atoms with van der Waals surface area (Å²) in [7, 11) is 0. The summed E-state index contributed by atoms with van der Waals surface area (Å²) in [6.45, 7) is 7.54. The predicted octanol–water partition coefficient (Wildman–Crippen LogP) is 1.55. The van der Waals surface area contributed by atoms with Crippen molar-refractivity contribution in [2.45, 2.75) is 38.6 Å². The van der Waals surface area contributed by atoms with Crippen LogP contribution in [0.25, 0.3) is 6.08 Å². The van der Waals surface area contributed by atoms with Crippen LogP contribution in [0.5, 0.6) is 11.5 Å². The molecule has 3 rings (SSSR count). The molecule has 2 aliphatic rings. The zero-order chi connectivity index (χ0) is 24.7. The number of cyclic esters (lactones) is 1. The molecule has 1 fully saturated rings. The van der Waals surface area contributed by atoms with Gasteiger partial charge in [-0.3, -0.25) is 9.69 Å². The van der Waals surface area contributed by atoms with E-state index in [2.05, 4.69) is 4.90 Å². The van der Waals surface area contributed by atoms with Gasteiger partial charge in [-0.25, -0.2) is 4.79 Å². The number of rotatable bonds is 4. The van der Waals surface area contributed by atoms with Gasteiger partial charge in [0.2, 0.25) is 0 Å². The molecule has 0 aromatic heterocycles. The van der Waals surface area contributed by atoms with Crippen LogP contribution in [0.15, 0.2) is 30.4 Å². The molecule has 4 atom stereocenters. The average molecular weight is 476 g/mol. The maximum Gasteiger partial charge on any atom is 0.342 e. The number of aromatic hydroxyl groups is 1. The van der Waals surface area contributed by atoms with Gasteiger partial charge in [-0.05, 0) is 31.1 Å². The third-order valence-corrected chi connectivity index (χ3v) is 6.03. The first-order chi connectivity index (χ1) is 16.3.